The lowest BCUT2D eigenvalue weighted by Gasteiger charge is -2.57. The molecule has 250 valence electrons. The average molecular weight is 695 g/mol. The van der Waals surface area contributed by atoms with Crippen molar-refractivity contribution in [2.75, 3.05) is 4.90 Å². The number of aryl methyl sites for hydroxylation is 1. The van der Waals surface area contributed by atoms with Crippen molar-refractivity contribution in [1.29, 1.82) is 0 Å². The van der Waals surface area contributed by atoms with Gasteiger partial charge in [0.2, 0.25) is 0 Å². The molecule has 1 aliphatic heterocycles. The molecule has 5 aliphatic rings. The molecule has 0 spiro atoms. The van der Waals surface area contributed by atoms with Crippen molar-refractivity contribution in [2.45, 2.75) is 64.4 Å². The summed E-state index contributed by atoms with van der Waals surface area (Å²) in [6.45, 7) is 4.20. The number of hydrogen-bond acceptors (Lipinski definition) is 4. The van der Waals surface area contributed by atoms with Crippen molar-refractivity contribution in [2.24, 2.45) is 17.8 Å². The Bertz CT molecular complexity index is 1990. The molecule has 3 aromatic carbocycles. The number of nitrogens with zero attached hydrogens (tertiary/aromatic N) is 2. The van der Waals surface area contributed by atoms with Gasteiger partial charge in [-0.3, -0.25) is 14.9 Å². The monoisotopic (exact) mass is 693 g/mol. The first kappa shape index (κ1) is 31.9. The fourth-order valence-corrected chi connectivity index (χ4v) is 9.76. The molecule has 4 bridgehead atoms. The van der Waals surface area contributed by atoms with Gasteiger partial charge in [-0.15, -0.1) is 0 Å². The Hall–Kier alpha value is -4.33. The zero-order valence-corrected chi connectivity index (χ0v) is 29.0. The van der Waals surface area contributed by atoms with Crippen LogP contribution in [0.1, 0.15) is 66.6 Å². The highest BCUT2D eigenvalue weighted by molar-refractivity contribution is 6.39. The van der Waals surface area contributed by atoms with E-state index in [4.69, 9.17) is 27.9 Å². The summed E-state index contributed by atoms with van der Waals surface area (Å²) in [5, 5.41) is 3.50. The van der Waals surface area contributed by atoms with Crippen LogP contribution in [0.25, 0.3) is 11.8 Å². The third kappa shape index (κ3) is 5.77. The lowest BCUT2D eigenvalue weighted by atomic mass is 9.48. The number of benzene rings is 3. The minimum Gasteiger partial charge on any atom is -0.489 e. The molecule has 4 saturated carbocycles. The topological polar surface area (TPSA) is 80.6 Å². The summed E-state index contributed by atoms with van der Waals surface area (Å²) >= 11 is 12.3. The van der Waals surface area contributed by atoms with Crippen LogP contribution >= 0.6 is 23.2 Å². The molecule has 4 aromatic rings. The standard InChI is InChI=1S/C40H37Cl2N3O4/c1-23-13-29(24(2)44(23)32-9-11-34(12-10-32)49-22-28-3-6-31(41)18-36(28)42)17-35-37(46)43-39(48)45(38(35)47)33-7-4-30(5-8-33)40-19-25-14-26(20-40)16-27(15-25)21-40/h3-13,17-18,25-27H,14-16,19-22H2,1-2H3,(H,43,46,48)/b35-17+. The van der Waals surface area contributed by atoms with E-state index < -0.39 is 17.8 Å². The zero-order valence-electron chi connectivity index (χ0n) is 27.5. The normalized spacial score (nSPS) is 25.3. The molecule has 1 N–H and O–H groups in total. The van der Waals surface area contributed by atoms with Crippen LogP contribution in [0.4, 0.5) is 10.5 Å². The van der Waals surface area contributed by atoms with E-state index >= 15 is 0 Å². The number of aromatic nitrogens is 1. The first-order valence-electron chi connectivity index (χ1n) is 16.9. The van der Waals surface area contributed by atoms with E-state index in [9.17, 15) is 14.4 Å². The molecule has 9 rings (SSSR count). The number of ether oxygens (including phenoxy) is 1. The second kappa shape index (κ2) is 12.2. The summed E-state index contributed by atoms with van der Waals surface area (Å²) < 4.78 is 7.99. The minimum atomic E-state index is -0.735. The second-order valence-electron chi connectivity index (χ2n) is 14.4. The van der Waals surface area contributed by atoms with Crippen molar-refractivity contribution in [1.82, 2.24) is 9.88 Å². The first-order valence-corrected chi connectivity index (χ1v) is 17.7. The third-order valence-corrected chi connectivity index (χ3v) is 11.7. The number of carbonyl (C=O) groups excluding carboxylic acids is 3. The van der Waals surface area contributed by atoms with E-state index in [2.05, 4.69) is 17.4 Å². The highest BCUT2D eigenvalue weighted by Gasteiger charge is 2.51. The predicted octanol–water partition coefficient (Wildman–Crippen LogP) is 9.11. The van der Waals surface area contributed by atoms with Crippen molar-refractivity contribution < 1.29 is 19.1 Å². The summed E-state index contributed by atoms with van der Waals surface area (Å²) in [4.78, 5) is 41.0. The van der Waals surface area contributed by atoms with E-state index in [0.29, 0.717) is 33.7 Å². The summed E-state index contributed by atoms with van der Waals surface area (Å²) in [6.07, 6.45) is 9.39. The molecule has 0 radical (unpaired) electrons. The Morgan fingerprint density at radius 3 is 2.10 bits per heavy atom. The molecule has 1 aromatic heterocycles. The van der Waals surface area contributed by atoms with E-state index in [-0.39, 0.29) is 11.0 Å². The van der Waals surface area contributed by atoms with Crippen LogP contribution in [-0.4, -0.2) is 22.4 Å². The van der Waals surface area contributed by atoms with E-state index in [1.807, 2.05) is 66.9 Å². The molecule has 7 nitrogen and oxygen atoms in total. The third-order valence-electron chi connectivity index (χ3n) is 11.2. The summed E-state index contributed by atoms with van der Waals surface area (Å²) in [5.74, 6) is 1.80. The van der Waals surface area contributed by atoms with Gasteiger partial charge in [0.1, 0.15) is 17.9 Å². The quantitative estimate of drug-likeness (QED) is 0.155. The molecule has 4 amide bonds. The van der Waals surface area contributed by atoms with E-state index in [0.717, 1.165) is 45.3 Å². The highest BCUT2D eigenvalue weighted by atomic mass is 35.5. The molecule has 0 unspecified atom stereocenters. The molecular formula is C40H37Cl2N3O4. The SMILES string of the molecule is Cc1cc(/C=C2\C(=O)NC(=O)N(c3ccc(C45CC6CC(CC(C6)C4)C5)cc3)C2=O)c(C)n1-c1ccc(OCc2ccc(Cl)cc2Cl)cc1. The Balaban J connectivity index is 1.01. The Kier molecular flexibility index (Phi) is 7.96. The Morgan fingerprint density at radius 1 is 0.837 bits per heavy atom. The largest absolute Gasteiger partial charge is 0.489 e. The maximum Gasteiger partial charge on any atom is 0.335 e. The molecule has 9 heteroatoms. The predicted molar refractivity (Wildman–Crippen MR) is 191 cm³/mol. The number of barbiturate groups is 1. The van der Waals surface area contributed by atoms with Crippen LogP contribution in [0.3, 0.4) is 0 Å². The first-order chi connectivity index (χ1) is 23.6. The number of carbonyl (C=O) groups is 3. The van der Waals surface area contributed by atoms with Gasteiger partial charge in [0.25, 0.3) is 11.8 Å². The lowest BCUT2D eigenvalue weighted by Crippen LogP contribution is -2.54. The summed E-state index contributed by atoms with van der Waals surface area (Å²) in [6, 6.07) is 22.1. The zero-order chi connectivity index (χ0) is 34.0. The van der Waals surface area contributed by atoms with Gasteiger partial charge >= 0.3 is 6.03 Å². The molecule has 1 saturated heterocycles. The van der Waals surface area contributed by atoms with Gasteiger partial charge in [0.15, 0.2) is 0 Å². The maximum absolute atomic E-state index is 13.8. The fourth-order valence-electron chi connectivity index (χ4n) is 9.30. The van der Waals surface area contributed by atoms with Gasteiger partial charge in [-0.1, -0.05) is 41.4 Å². The fraction of sp³-hybridized carbons (Fsp3) is 0.325. The molecule has 2 heterocycles. The summed E-state index contributed by atoms with van der Waals surface area (Å²) in [7, 11) is 0. The lowest BCUT2D eigenvalue weighted by molar-refractivity contribution is -0.122. The summed E-state index contributed by atoms with van der Waals surface area (Å²) in [5.41, 5.74) is 6.09. The number of halogens is 2. The van der Waals surface area contributed by atoms with Crippen molar-refractivity contribution in [3.8, 4) is 11.4 Å². The van der Waals surface area contributed by atoms with Crippen LogP contribution in [-0.2, 0) is 21.6 Å². The van der Waals surface area contributed by atoms with Crippen molar-refractivity contribution >= 4 is 52.8 Å². The molecular weight excluding hydrogens is 657 g/mol. The average Bonchev–Trinajstić information content (AvgIpc) is 3.34. The number of hydrogen-bond donors (Lipinski definition) is 1. The number of amides is 4. The van der Waals surface area contributed by atoms with E-state index in [1.54, 1.807) is 18.2 Å². The second-order valence-corrected chi connectivity index (χ2v) is 15.2. The number of anilines is 1. The minimum absolute atomic E-state index is 0.0883. The van der Waals surface area contributed by atoms with Crippen LogP contribution in [0.15, 0.2) is 78.4 Å². The van der Waals surface area contributed by atoms with Crippen LogP contribution < -0.4 is 15.0 Å². The van der Waals surface area contributed by atoms with E-state index in [1.165, 1.54) is 44.1 Å². The number of nitrogens with one attached hydrogen (secondary N) is 1. The molecule has 0 atom stereocenters. The molecule has 4 aliphatic carbocycles. The van der Waals surface area contributed by atoms with Gasteiger partial charge < -0.3 is 9.30 Å². The van der Waals surface area contributed by atoms with Crippen LogP contribution in [0, 0.1) is 31.6 Å². The van der Waals surface area contributed by atoms with Gasteiger partial charge in [-0.05, 0) is 147 Å². The Morgan fingerprint density at radius 2 is 1.47 bits per heavy atom. The maximum atomic E-state index is 13.8. The molecule has 49 heavy (non-hydrogen) atoms. The van der Waals surface area contributed by atoms with Gasteiger partial charge in [0, 0.05) is 32.7 Å². The van der Waals surface area contributed by atoms with Gasteiger partial charge in [-0.25, -0.2) is 9.69 Å². The van der Waals surface area contributed by atoms with Gasteiger partial charge in [0.05, 0.1) is 5.69 Å². The Labute approximate surface area is 295 Å². The number of urea groups is 1. The van der Waals surface area contributed by atoms with Crippen molar-refractivity contribution in [3.05, 3.63) is 116 Å². The van der Waals surface area contributed by atoms with Crippen molar-refractivity contribution in [3.63, 3.8) is 0 Å². The van der Waals surface area contributed by atoms with Crippen LogP contribution in [0.2, 0.25) is 10.0 Å². The number of rotatable bonds is 7. The molecule has 5 fully saturated rings. The smallest absolute Gasteiger partial charge is 0.335 e. The van der Waals surface area contributed by atoms with Crippen LogP contribution in [0.5, 0.6) is 5.75 Å². The number of imide groups is 2. The van der Waals surface area contributed by atoms with Gasteiger partial charge in [-0.2, -0.15) is 0 Å². The highest BCUT2D eigenvalue weighted by Crippen LogP contribution is 2.60.